The molecule has 4 heteroatoms. The highest BCUT2D eigenvalue weighted by Gasteiger charge is 2.30. The van der Waals surface area contributed by atoms with Gasteiger partial charge in [-0.1, -0.05) is 25.9 Å². The van der Waals surface area contributed by atoms with Gasteiger partial charge >= 0.3 is 0 Å². The summed E-state index contributed by atoms with van der Waals surface area (Å²) in [7, 11) is 0. The van der Waals surface area contributed by atoms with E-state index in [1.165, 1.54) is 25.7 Å². The molecule has 4 nitrogen and oxygen atoms in total. The third kappa shape index (κ3) is 3.78. The van der Waals surface area contributed by atoms with Gasteiger partial charge in [0.05, 0.1) is 0 Å². The molecule has 19 heavy (non-hydrogen) atoms. The van der Waals surface area contributed by atoms with Crippen LogP contribution < -0.4 is 5.73 Å². The predicted octanol–water partition coefficient (Wildman–Crippen LogP) is 3.60. The minimum atomic E-state index is 0.324. The van der Waals surface area contributed by atoms with Gasteiger partial charge in [0, 0.05) is 11.8 Å². The standard InChI is InChI=1S/C15H27N3O/c1-11(5-4-10-16)14-17-13(18-19-14)12-6-8-15(2,3)9-7-12/h11-12H,4-10,16H2,1-3H3. The van der Waals surface area contributed by atoms with Crippen molar-refractivity contribution in [1.82, 2.24) is 10.1 Å². The maximum atomic E-state index is 5.54. The van der Waals surface area contributed by atoms with E-state index in [1.807, 2.05) is 0 Å². The smallest absolute Gasteiger partial charge is 0.229 e. The largest absolute Gasteiger partial charge is 0.339 e. The van der Waals surface area contributed by atoms with Gasteiger partial charge in [-0.2, -0.15) is 4.98 Å². The third-order valence-electron chi connectivity index (χ3n) is 4.42. The number of hydrogen-bond acceptors (Lipinski definition) is 4. The molecule has 1 unspecified atom stereocenters. The molecule has 0 radical (unpaired) electrons. The first-order valence-electron chi connectivity index (χ1n) is 7.55. The lowest BCUT2D eigenvalue weighted by molar-refractivity contribution is 0.218. The molecule has 0 aromatic carbocycles. The topological polar surface area (TPSA) is 64.9 Å². The monoisotopic (exact) mass is 265 g/mol. The average Bonchev–Trinajstić information content (AvgIpc) is 2.85. The SMILES string of the molecule is CC(CCCN)c1nc(C2CCC(C)(C)CC2)no1. The Bertz CT molecular complexity index is 390. The Labute approximate surface area is 116 Å². The van der Waals surface area contributed by atoms with Crippen LogP contribution in [-0.4, -0.2) is 16.7 Å². The maximum absolute atomic E-state index is 5.54. The van der Waals surface area contributed by atoms with Crippen LogP contribution in [0.15, 0.2) is 4.52 Å². The molecular formula is C15H27N3O. The van der Waals surface area contributed by atoms with Crippen molar-refractivity contribution in [2.24, 2.45) is 11.1 Å². The first kappa shape index (κ1) is 14.5. The molecule has 0 bridgehead atoms. The van der Waals surface area contributed by atoms with Crippen molar-refractivity contribution < 1.29 is 4.52 Å². The summed E-state index contributed by atoms with van der Waals surface area (Å²) in [4.78, 5) is 4.62. The second kappa shape index (κ2) is 6.04. The van der Waals surface area contributed by atoms with Crippen molar-refractivity contribution in [1.29, 1.82) is 0 Å². The zero-order valence-corrected chi connectivity index (χ0v) is 12.5. The minimum absolute atomic E-state index is 0.324. The Kier molecular flexibility index (Phi) is 4.61. The summed E-state index contributed by atoms with van der Waals surface area (Å²) in [5.41, 5.74) is 6.02. The van der Waals surface area contributed by atoms with E-state index in [-0.39, 0.29) is 0 Å². The number of rotatable bonds is 5. The van der Waals surface area contributed by atoms with Crippen molar-refractivity contribution in [3.05, 3.63) is 11.7 Å². The molecule has 2 rings (SSSR count). The summed E-state index contributed by atoms with van der Waals surface area (Å²) in [6, 6.07) is 0. The summed E-state index contributed by atoms with van der Waals surface area (Å²) < 4.78 is 5.43. The van der Waals surface area contributed by atoms with Crippen LogP contribution in [0.25, 0.3) is 0 Å². The van der Waals surface area contributed by atoms with Crippen molar-refractivity contribution in [2.45, 2.75) is 71.1 Å². The summed E-state index contributed by atoms with van der Waals surface area (Å²) in [5.74, 6) is 2.52. The Morgan fingerprint density at radius 1 is 1.37 bits per heavy atom. The summed E-state index contributed by atoms with van der Waals surface area (Å²) >= 11 is 0. The van der Waals surface area contributed by atoms with Gasteiger partial charge in [-0.05, 0) is 50.5 Å². The fourth-order valence-corrected chi connectivity index (χ4v) is 2.82. The molecule has 108 valence electrons. The Morgan fingerprint density at radius 2 is 2.05 bits per heavy atom. The van der Waals surface area contributed by atoms with Gasteiger partial charge in [-0.25, -0.2) is 0 Å². The molecule has 1 aliphatic carbocycles. The zero-order chi connectivity index (χ0) is 13.9. The molecule has 0 spiro atoms. The second-order valence-corrected chi connectivity index (χ2v) is 6.76. The van der Waals surface area contributed by atoms with Gasteiger partial charge in [0.25, 0.3) is 0 Å². The fraction of sp³-hybridized carbons (Fsp3) is 0.867. The van der Waals surface area contributed by atoms with Gasteiger partial charge in [-0.3, -0.25) is 0 Å². The Morgan fingerprint density at radius 3 is 2.68 bits per heavy atom. The van der Waals surface area contributed by atoms with Gasteiger partial charge in [0.15, 0.2) is 5.82 Å². The zero-order valence-electron chi connectivity index (χ0n) is 12.5. The molecule has 0 amide bonds. The molecule has 1 aromatic heterocycles. The van der Waals surface area contributed by atoms with Crippen LogP contribution in [0.2, 0.25) is 0 Å². The highest BCUT2D eigenvalue weighted by atomic mass is 16.5. The van der Waals surface area contributed by atoms with E-state index >= 15 is 0 Å². The number of nitrogens with two attached hydrogens (primary N) is 1. The first-order valence-corrected chi connectivity index (χ1v) is 7.55. The molecule has 0 aliphatic heterocycles. The van der Waals surface area contributed by atoms with Crippen LogP contribution in [0.5, 0.6) is 0 Å². The van der Waals surface area contributed by atoms with Crippen molar-refractivity contribution in [3.63, 3.8) is 0 Å². The second-order valence-electron chi connectivity index (χ2n) is 6.76. The molecular weight excluding hydrogens is 238 g/mol. The number of nitrogens with zero attached hydrogens (tertiary/aromatic N) is 2. The quantitative estimate of drug-likeness (QED) is 0.883. The normalized spacial score (nSPS) is 21.5. The Balaban J connectivity index is 1.94. The molecule has 0 saturated heterocycles. The molecule has 1 saturated carbocycles. The fourth-order valence-electron chi connectivity index (χ4n) is 2.82. The number of hydrogen-bond donors (Lipinski definition) is 1. The summed E-state index contributed by atoms with van der Waals surface area (Å²) in [6.45, 7) is 7.56. The van der Waals surface area contributed by atoms with Gasteiger partial charge in [0.1, 0.15) is 0 Å². The van der Waals surface area contributed by atoms with Crippen LogP contribution >= 0.6 is 0 Å². The molecule has 1 aliphatic rings. The van der Waals surface area contributed by atoms with E-state index in [9.17, 15) is 0 Å². The van der Waals surface area contributed by atoms with Gasteiger partial charge in [0.2, 0.25) is 5.89 Å². The predicted molar refractivity (Wildman–Crippen MR) is 76.0 cm³/mol. The van der Waals surface area contributed by atoms with Crippen molar-refractivity contribution >= 4 is 0 Å². The lowest BCUT2D eigenvalue weighted by Gasteiger charge is -2.32. The van der Waals surface area contributed by atoms with E-state index < -0.39 is 0 Å². The molecule has 1 heterocycles. The third-order valence-corrected chi connectivity index (χ3v) is 4.42. The molecule has 1 fully saturated rings. The van der Waals surface area contributed by atoms with E-state index in [4.69, 9.17) is 10.3 Å². The van der Waals surface area contributed by atoms with Crippen LogP contribution in [-0.2, 0) is 0 Å². The summed E-state index contributed by atoms with van der Waals surface area (Å²) in [6.07, 6.45) is 6.91. The number of aromatic nitrogens is 2. The minimum Gasteiger partial charge on any atom is -0.339 e. The van der Waals surface area contributed by atoms with Gasteiger partial charge in [-0.15, -0.1) is 0 Å². The van der Waals surface area contributed by atoms with E-state index in [1.54, 1.807) is 0 Å². The average molecular weight is 265 g/mol. The molecule has 1 atom stereocenters. The van der Waals surface area contributed by atoms with Crippen LogP contribution in [0.3, 0.4) is 0 Å². The van der Waals surface area contributed by atoms with Crippen LogP contribution in [0.4, 0.5) is 0 Å². The highest BCUT2D eigenvalue weighted by Crippen LogP contribution is 2.41. The molecule has 2 N–H and O–H groups in total. The van der Waals surface area contributed by atoms with E-state index in [0.29, 0.717) is 17.3 Å². The lowest BCUT2D eigenvalue weighted by Crippen LogP contribution is -2.20. The van der Waals surface area contributed by atoms with E-state index in [2.05, 4.69) is 30.9 Å². The van der Waals surface area contributed by atoms with E-state index in [0.717, 1.165) is 31.1 Å². The van der Waals surface area contributed by atoms with Crippen LogP contribution in [0.1, 0.15) is 82.8 Å². The van der Waals surface area contributed by atoms with Crippen molar-refractivity contribution in [3.8, 4) is 0 Å². The first-order chi connectivity index (χ1) is 9.02. The van der Waals surface area contributed by atoms with Crippen molar-refractivity contribution in [2.75, 3.05) is 6.54 Å². The Hall–Kier alpha value is -0.900. The highest BCUT2D eigenvalue weighted by molar-refractivity contribution is 5.01. The molecule has 1 aromatic rings. The van der Waals surface area contributed by atoms with Gasteiger partial charge < -0.3 is 10.3 Å². The maximum Gasteiger partial charge on any atom is 0.229 e. The summed E-state index contributed by atoms with van der Waals surface area (Å²) in [5, 5.41) is 4.20. The van der Waals surface area contributed by atoms with Crippen LogP contribution in [0, 0.1) is 5.41 Å². The lowest BCUT2D eigenvalue weighted by atomic mass is 9.73.